The number of carbonyl (C=O) groups is 3. The third-order valence-corrected chi connectivity index (χ3v) is 11.5. The van der Waals surface area contributed by atoms with Gasteiger partial charge in [-0.05, 0) is 48.3 Å². The smallest absolute Gasteiger partial charge is 0.338 e. The van der Waals surface area contributed by atoms with Crippen LogP contribution in [0.2, 0.25) is 0 Å². The topological polar surface area (TPSA) is 163 Å². The largest absolute Gasteiger partial charge is 0.456 e. The van der Waals surface area contributed by atoms with Crippen molar-refractivity contribution in [3.63, 3.8) is 0 Å². The van der Waals surface area contributed by atoms with Gasteiger partial charge in [0.1, 0.15) is 17.8 Å². The maximum Gasteiger partial charge on any atom is 0.338 e. The van der Waals surface area contributed by atoms with Gasteiger partial charge in [0.2, 0.25) is 5.91 Å². The van der Waals surface area contributed by atoms with Crippen molar-refractivity contribution in [2.45, 2.75) is 95.5 Å². The average molecular weight is 1040 g/mol. The summed E-state index contributed by atoms with van der Waals surface area (Å²) in [5, 5.41) is 49.9. The van der Waals surface area contributed by atoms with Crippen LogP contribution in [0.25, 0.3) is 0 Å². The summed E-state index contributed by atoms with van der Waals surface area (Å²) in [6.07, 6.45) is -3.84. The zero-order valence-electron chi connectivity index (χ0n) is 25.8. The van der Waals surface area contributed by atoms with Crippen LogP contribution in [0.5, 0.6) is 0 Å². The van der Waals surface area contributed by atoms with Crippen molar-refractivity contribution in [1.82, 2.24) is 5.32 Å². The molecule has 2 radical (unpaired) electrons. The zero-order chi connectivity index (χ0) is 30.6. The molecule has 10 nitrogen and oxygen atoms in total. The summed E-state index contributed by atoms with van der Waals surface area (Å²) >= 11 is 0. The van der Waals surface area contributed by atoms with E-state index in [-0.39, 0.29) is 113 Å². The Morgan fingerprint density at radius 1 is 1.11 bits per heavy atom. The first kappa shape index (κ1) is 37.1. The number of aliphatic hydroxyl groups is 4. The second kappa shape index (κ2) is 12.6. The molecule has 5 N–H and O–H groups in total. The molecule has 8 unspecified atom stereocenters. The van der Waals surface area contributed by atoms with Gasteiger partial charge in [-0.2, -0.15) is 0 Å². The van der Waals surface area contributed by atoms with E-state index < -0.39 is 76.2 Å². The number of carbonyl (C=O) groups excluding carboxylic acids is 3. The number of ether oxygens (including phenoxy) is 2. The molecule has 1 aromatic rings. The van der Waals surface area contributed by atoms with Gasteiger partial charge in [-0.25, -0.2) is 4.79 Å². The number of nitrogens with one attached hydrogen (secondary N) is 1. The summed E-state index contributed by atoms with van der Waals surface area (Å²) in [6, 6.07) is 7.47. The van der Waals surface area contributed by atoms with Crippen molar-refractivity contribution in [1.29, 1.82) is 0 Å². The third-order valence-electron chi connectivity index (χ3n) is 11.5. The molecule has 11 atom stereocenters. The zero-order valence-corrected chi connectivity index (χ0v) is 35.3. The quantitative estimate of drug-likeness (QED) is 0.217. The predicted octanol–water partition coefficient (Wildman–Crippen LogP) is 1.35. The first-order valence-electron chi connectivity index (χ1n) is 14.8. The van der Waals surface area contributed by atoms with Gasteiger partial charge in [-0.1, -0.05) is 51.1 Å². The van der Waals surface area contributed by atoms with Gasteiger partial charge < -0.3 is 35.2 Å². The molecule has 234 valence electrons. The van der Waals surface area contributed by atoms with Crippen molar-refractivity contribution in [3.8, 4) is 0 Å². The van der Waals surface area contributed by atoms with Crippen LogP contribution < -0.4 is 5.32 Å². The van der Waals surface area contributed by atoms with Gasteiger partial charge in [-0.3, -0.25) is 9.59 Å². The fourth-order valence-electron chi connectivity index (χ4n) is 9.26. The van der Waals surface area contributed by atoms with Crippen molar-refractivity contribution >= 4 is 17.7 Å². The van der Waals surface area contributed by atoms with E-state index >= 15 is 0 Å². The molecule has 1 aromatic carbocycles. The van der Waals surface area contributed by atoms with E-state index in [0.29, 0.717) is 29.6 Å². The van der Waals surface area contributed by atoms with Crippen molar-refractivity contribution in [3.05, 3.63) is 47.0 Å². The Bertz CT molecular complexity index is 1370. The monoisotopic (exact) mass is 1040 g/mol. The molecule has 3 saturated carbocycles. The van der Waals surface area contributed by atoms with Gasteiger partial charge in [-0.15, -0.1) is 0 Å². The number of esters is 1. The molecule has 4 fully saturated rings. The Morgan fingerprint density at radius 3 is 2.32 bits per heavy atom. The molecule has 5 aliphatic rings. The molecule has 4 aliphatic carbocycles. The van der Waals surface area contributed by atoms with Gasteiger partial charge in [0.15, 0.2) is 11.9 Å². The van der Waals surface area contributed by atoms with Gasteiger partial charge in [0.05, 0.1) is 24.4 Å². The number of Topliss-reactive ketones (excluding diaryl/α,β-unsaturated/α-hetero) is 1. The maximum absolute atomic E-state index is 14.2. The number of fused-ring (bicyclic) bond motifs is 4. The molecule has 2 bridgehead atoms. The molecule has 0 aromatic heterocycles. The number of ketones is 1. The van der Waals surface area contributed by atoms with Gasteiger partial charge in [0, 0.05) is 118 Å². The SMILES string of the molecule is CC(=O)NC(c1ccccc1)C(O)C(=O)OC1CC2(O)[C@@H](C)C3C4(O)COC4C[C@@H]4C[C@]34C(=O)C(O)C(=C1C)C2(C)C.[Ac].[Ac]. The van der Waals surface area contributed by atoms with Crippen LogP contribution in [0.4, 0.5) is 0 Å². The van der Waals surface area contributed by atoms with E-state index in [9.17, 15) is 34.8 Å². The Hall–Kier alpha value is 0.253. The first-order chi connectivity index (χ1) is 19.6. The number of hydrogen-bond acceptors (Lipinski definition) is 9. The first-order valence-corrected chi connectivity index (χ1v) is 14.8. The van der Waals surface area contributed by atoms with Crippen LogP contribution in [0.1, 0.15) is 65.5 Å². The van der Waals surface area contributed by atoms with E-state index in [2.05, 4.69) is 5.32 Å². The number of amides is 1. The van der Waals surface area contributed by atoms with E-state index in [1.807, 2.05) is 6.92 Å². The number of benzene rings is 1. The summed E-state index contributed by atoms with van der Waals surface area (Å²) in [4.78, 5) is 39.6. The molecule has 1 spiro atoms. The fourth-order valence-corrected chi connectivity index (χ4v) is 9.26. The Balaban J connectivity index is 0.00000221. The minimum absolute atomic E-state index is 0. The molecule has 12 heteroatoms. The van der Waals surface area contributed by atoms with E-state index in [1.165, 1.54) is 6.92 Å². The minimum atomic E-state index is -1.77. The van der Waals surface area contributed by atoms with Crippen molar-refractivity contribution < 1.29 is 132 Å². The summed E-state index contributed by atoms with van der Waals surface area (Å²) in [7, 11) is 0. The van der Waals surface area contributed by atoms with E-state index in [1.54, 1.807) is 51.1 Å². The number of rotatable bonds is 5. The van der Waals surface area contributed by atoms with Gasteiger partial charge >= 0.3 is 5.97 Å². The Labute approximate surface area is 329 Å². The summed E-state index contributed by atoms with van der Waals surface area (Å²) in [5.41, 5.74) is -3.73. The van der Waals surface area contributed by atoms with Crippen LogP contribution in [0, 0.1) is 117 Å². The van der Waals surface area contributed by atoms with Crippen LogP contribution in [0.3, 0.4) is 0 Å². The van der Waals surface area contributed by atoms with Crippen LogP contribution in [-0.4, -0.2) is 80.3 Å². The Morgan fingerprint density at radius 2 is 1.75 bits per heavy atom. The average Bonchev–Trinajstić information content (AvgIpc) is 3.66. The molecule has 6 rings (SSSR count). The minimum Gasteiger partial charge on any atom is -0.456 e. The molecular weight excluding hydrogens is 996 g/mol. The van der Waals surface area contributed by atoms with Crippen molar-refractivity contribution in [2.75, 3.05) is 6.61 Å². The second-order valence-corrected chi connectivity index (χ2v) is 13.8. The molecular formula is C32H41Ac2NO9. The predicted molar refractivity (Wildman–Crippen MR) is 148 cm³/mol. The standard InChI is InChI=1S/C32H41NO9.2Ac/c1-15-20(42-28(38)25(36)23(33-17(3)34)18-9-7-6-8-10-18)13-32(40)16(2)26-30(27(37)24(35)22(15)29(32,4)5)12-19(30)11-21-31(26,39)14-41-21;;/h6-10,16,19-21,23-26,35-36,39-40H,11-14H2,1-5H3,(H,33,34);;/t16-,19+,20?,21?,23?,24?,25?,26?,30+,31?,32?;;/m0../s1. The molecule has 1 aliphatic heterocycles. The van der Waals surface area contributed by atoms with Crippen LogP contribution in [0.15, 0.2) is 41.5 Å². The molecule has 44 heavy (non-hydrogen) atoms. The van der Waals surface area contributed by atoms with Crippen LogP contribution in [-0.2, 0) is 23.9 Å². The Kier molecular flexibility index (Phi) is 10.6. The third kappa shape index (κ3) is 5.23. The van der Waals surface area contributed by atoms with Gasteiger partial charge in [0.25, 0.3) is 0 Å². The summed E-state index contributed by atoms with van der Waals surface area (Å²) in [5.74, 6) is -3.16. The molecule has 1 heterocycles. The maximum atomic E-state index is 14.2. The van der Waals surface area contributed by atoms with Crippen LogP contribution >= 0.6 is 0 Å². The number of hydrogen-bond donors (Lipinski definition) is 5. The fraction of sp³-hybridized carbons (Fsp3) is 0.656. The molecule has 1 saturated heterocycles. The van der Waals surface area contributed by atoms with E-state index in [4.69, 9.17) is 9.47 Å². The second-order valence-electron chi connectivity index (χ2n) is 13.8. The number of aliphatic hydroxyl groups excluding tert-OH is 2. The summed E-state index contributed by atoms with van der Waals surface area (Å²) in [6.45, 7) is 8.40. The molecule has 1 amide bonds. The van der Waals surface area contributed by atoms with Crippen molar-refractivity contribution in [2.24, 2.45) is 28.6 Å². The van der Waals surface area contributed by atoms with E-state index in [0.717, 1.165) is 0 Å². The summed E-state index contributed by atoms with van der Waals surface area (Å²) < 4.78 is 11.6. The normalized spacial score (nSPS) is 40.9.